The van der Waals surface area contributed by atoms with Gasteiger partial charge in [-0.05, 0) is 42.8 Å². The van der Waals surface area contributed by atoms with Gasteiger partial charge in [0.05, 0.1) is 17.3 Å². The molecule has 0 aliphatic heterocycles. The van der Waals surface area contributed by atoms with Gasteiger partial charge in [-0.2, -0.15) is 0 Å². The second-order valence-electron chi connectivity index (χ2n) is 5.15. The minimum absolute atomic E-state index is 0.0771. The number of hydrogen-bond acceptors (Lipinski definition) is 3. The zero-order valence-electron chi connectivity index (χ0n) is 12.4. The van der Waals surface area contributed by atoms with Gasteiger partial charge in [0.15, 0.2) is 0 Å². The minimum atomic E-state index is 0.0771. The smallest absolute Gasteiger partial charge is 0.0769 e. The Morgan fingerprint density at radius 2 is 1.95 bits per heavy atom. The van der Waals surface area contributed by atoms with E-state index in [0.29, 0.717) is 0 Å². The van der Waals surface area contributed by atoms with Crippen molar-refractivity contribution in [2.45, 2.75) is 19.9 Å². The summed E-state index contributed by atoms with van der Waals surface area (Å²) in [6.07, 6.45) is 3.76. The molecule has 0 amide bonds. The zero-order chi connectivity index (χ0) is 14.7. The fourth-order valence-corrected chi connectivity index (χ4v) is 2.60. The molecule has 0 fully saturated rings. The van der Waals surface area contributed by atoms with E-state index in [1.54, 1.807) is 0 Å². The predicted molar refractivity (Wildman–Crippen MR) is 86.2 cm³/mol. The molecule has 0 aliphatic carbocycles. The van der Waals surface area contributed by atoms with Crippen molar-refractivity contribution in [2.24, 2.45) is 0 Å². The van der Waals surface area contributed by atoms with Gasteiger partial charge in [0.1, 0.15) is 0 Å². The van der Waals surface area contributed by atoms with Gasteiger partial charge in [-0.1, -0.05) is 31.2 Å². The Morgan fingerprint density at radius 3 is 2.76 bits per heavy atom. The van der Waals surface area contributed by atoms with Crippen molar-refractivity contribution in [1.82, 2.24) is 15.3 Å². The molecular formula is C18H19N3. The monoisotopic (exact) mass is 277 g/mol. The molecular weight excluding hydrogens is 258 g/mol. The number of nitrogens with zero attached hydrogens (tertiary/aromatic N) is 2. The molecule has 3 heteroatoms. The van der Waals surface area contributed by atoms with Crippen molar-refractivity contribution in [1.29, 1.82) is 0 Å². The van der Waals surface area contributed by atoms with Crippen LogP contribution in [0.15, 0.2) is 54.9 Å². The Morgan fingerprint density at radius 1 is 1.10 bits per heavy atom. The first-order chi connectivity index (χ1) is 10.3. The molecule has 0 radical (unpaired) electrons. The van der Waals surface area contributed by atoms with E-state index < -0.39 is 0 Å². The Bertz CT molecular complexity index is 752. The Balaban J connectivity index is 2.09. The standard InChI is InChI=1S/C18H19N3/c1-3-20-18(15-12-19-11-10-13(15)2)17-9-8-14-6-4-5-7-16(14)21-17/h4-12,18,20H,3H2,1-2H3. The van der Waals surface area contributed by atoms with Crippen LogP contribution >= 0.6 is 0 Å². The Labute approximate surface area is 125 Å². The van der Waals surface area contributed by atoms with Gasteiger partial charge in [0.2, 0.25) is 0 Å². The van der Waals surface area contributed by atoms with Gasteiger partial charge in [-0.3, -0.25) is 9.97 Å². The first-order valence-electron chi connectivity index (χ1n) is 7.29. The van der Waals surface area contributed by atoms with Gasteiger partial charge >= 0.3 is 0 Å². The number of pyridine rings is 2. The number of hydrogen-bond donors (Lipinski definition) is 1. The molecule has 2 aromatic heterocycles. The summed E-state index contributed by atoms with van der Waals surface area (Å²) in [4.78, 5) is 9.09. The van der Waals surface area contributed by atoms with Crippen LogP contribution in [0.2, 0.25) is 0 Å². The van der Waals surface area contributed by atoms with E-state index in [0.717, 1.165) is 17.8 Å². The molecule has 0 spiro atoms. The third kappa shape index (κ3) is 2.78. The van der Waals surface area contributed by atoms with E-state index >= 15 is 0 Å². The molecule has 106 valence electrons. The highest BCUT2D eigenvalue weighted by Gasteiger charge is 2.16. The summed E-state index contributed by atoms with van der Waals surface area (Å²) < 4.78 is 0. The lowest BCUT2D eigenvalue weighted by molar-refractivity contribution is 0.612. The Hall–Kier alpha value is -2.26. The van der Waals surface area contributed by atoms with Crippen LogP contribution in [0.25, 0.3) is 10.9 Å². The Kier molecular flexibility index (Phi) is 3.93. The molecule has 1 aromatic carbocycles. The molecule has 0 bridgehead atoms. The number of rotatable bonds is 4. The summed E-state index contributed by atoms with van der Waals surface area (Å²) in [5, 5.41) is 4.68. The molecule has 3 nitrogen and oxygen atoms in total. The van der Waals surface area contributed by atoms with Crippen LogP contribution in [0.5, 0.6) is 0 Å². The summed E-state index contributed by atoms with van der Waals surface area (Å²) in [6.45, 7) is 5.11. The third-order valence-electron chi connectivity index (χ3n) is 3.71. The zero-order valence-corrected chi connectivity index (χ0v) is 12.4. The number of nitrogens with one attached hydrogen (secondary N) is 1. The van der Waals surface area contributed by atoms with Crippen LogP contribution in [0.4, 0.5) is 0 Å². The van der Waals surface area contributed by atoms with Gasteiger partial charge in [-0.25, -0.2) is 0 Å². The maximum atomic E-state index is 4.82. The summed E-state index contributed by atoms with van der Waals surface area (Å²) >= 11 is 0. The van der Waals surface area contributed by atoms with Crippen LogP contribution in [-0.2, 0) is 0 Å². The van der Waals surface area contributed by atoms with Crippen LogP contribution in [0, 0.1) is 6.92 Å². The van der Waals surface area contributed by atoms with Gasteiger partial charge < -0.3 is 5.32 Å². The molecule has 0 saturated heterocycles. The average Bonchev–Trinajstić information content (AvgIpc) is 2.53. The van der Waals surface area contributed by atoms with Crippen LogP contribution in [0.3, 0.4) is 0 Å². The van der Waals surface area contributed by atoms with Crippen molar-refractivity contribution < 1.29 is 0 Å². The lowest BCUT2D eigenvalue weighted by atomic mass is 10.00. The second-order valence-corrected chi connectivity index (χ2v) is 5.15. The molecule has 1 N–H and O–H groups in total. The second kappa shape index (κ2) is 6.02. The fraction of sp³-hybridized carbons (Fsp3) is 0.222. The molecule has 2 heterocycles. The number of aromatic nitrogens is 2. The summed E-state index contributed by atoms with van der Waals surface area (Å²) in [7, 11) is 0. The van der Waals surface area contributed by atoms with Crippen molar-refractivity contribution >= 4 is 10.9 Å². The topological polar surface area (TPSA) is 37.8 Å². The predicted octanol–water partition coefficient (Wildman–Crippen LogP) is 3.64. The highest BCUT2D eigenvalue weighted by molar-refractivity contribution is 5.78. The maximum Gasteiger partial charge on any atom is 0.0769 e. The van der Waals surface area contributed by atoms with Gasteiger partial charge in [-0.15, -0.1) is 0 Å². The van der Waals surface area contributed by atoms with E-state index in [4.69, 9.17) is 4.98 Å². The number of benzene rings is 1. The van der Waals surface area contributed by atoms with E-state index in [2.05, 4.69) is 48.4 Å². The molecule has 3 aromatic rings. The van der Waals surface area contributed by atoms with Gasteiger partial charge in [0.25, 0.3) is 0 Å². The van der Waals surface area contributed by atoms with Crippen molar-refractivity contribution in [3.05, 3.63) is 71.7 Å². The van der Waals surface area contributed by atoms with Crippen molar-refractivity contribution in [3.8, 4) is 0 Å². The van der Waals surface area contributed by atoms with Crippen molar-refractivity contribution in [3.63, 3.8) is 0 Å². The summed E-state index contributed by atoms with van der Waals surface area (Å²) in [5.41, 5.74) is 4.47. The van der Waals surface area contributed by atoms with E-state index in [1.807, 2.05) is 30.6 Å². The molecule has 1 atom stereocenters. The third-order valence-corrected chi connectivity index (χ3v) is 3.71. The number of fused-ring (bicyclic) bond motifs is 1. The maximum absolute atomic E-state index is 4.82. The van der Waals surface area contributed by atoms with Crippen molar-refractivity contribution in [2.75, 3.05) is 6.54 Å². The van der Waals surface area contributed by atoms with Crippen LogP contribution in [0.1, 0.15) is 29.8 Å². The number of aryl methyl sites for hydroxylation is 1. The van der Waals surface area contributed by atoms with E-state index in [1.165, 1.54) is 16.5 Å². The molecule has 1 unspecified atom stereocenters. The normalized spacial score (nSPS) is 12.5. The molecule has 0 aliphatic rings. The average molecular weight is 277 g/mol. The van der Waals surface area contributed by atoms with Crippen LogP contribution < -0.4 is 5.32 Å². The quantitative estimate of drug-likeness (QED) is 0.791. The SMILES string of the molecule is CCNC(c1ccc2ccccc2n1)c1cnccc1C. The van der Waals surface area contributed by atoms with Crippen LogP contribution in [-0.4, -0.2) is 16.5 Å². The highest BCUT2D eigenvalue weighted by atomic mass is 14.9. The molecule has 3 rings (SSSR count). The first kappa shape index (κ1) is 13.7. The lowest BCUT2D eigenvalue weighted by Crippen LogP contribution is -2.23. The minimum Gasteiger partial charge on any atom is -0.305 e. The van der Waals surface area contributed by atoms with E-state index in [-0.39, 0.29) is 6.04 Å². The largest absolute Gasteiger partial charge is 0.305 e. The molecule has 0 saturated carbocycles. The lowest BCUT2D eigenvalue weighted by Gasteiger charge is -2.19. The highest BCUT2D eigenvalue weighted by Crippen LogP contribution is 2.24. The summed E-state index contributed by atoms with van der Waals surface area (Å²) in [5.74, 6) is 0. The van der Waals surface area contributed by atoms with Gasteiger partial charge in [0, 0.05) is 17.8 Å². The molecule has 21 heavy (non-hydrogen) atoms. The first-order valence-corrected chi connectivity index (χ1v) is 7.29. The summed E-state index contributed by atoms with van der Waals surface area (Å²) in [6, 6.07) is 14.6. The number of para-hydroxylation sites is 1. The fourth-order valence-electron chi connectivity index (χ4n) is 2.60. The van der Waals surface area contributed by atoms with E-state index in [9.17, 15) is 0 Å².